The van der Waals surface area contributed by atoms with Crippen molar-refractivity contribution in [3.63, 3.8) is 0 Å². The summed E-state index contributed by atoms with van der Waals surface area (Å²) in [4.78, 5) is 19.5. The maximum absolute atomic E-state index is 12.2. The third kappa shape index (κ3) is 3.04. The van der Waals surface area contributed by atoms with Gasteiger partial charge in [0.25, 0.3) is 0 Å². The molecule has 0 aliphatic carbocycles. The van der Waals surface area contributed by atoms with E-state index in [2.05, 4.69) is 10.3 Å². The molecule has 0 atom stereocenters. The van der Waals surface area contributed by atoms with Crippen molar-refractivity contribution in [2.75, 3.05) is 20.1 Å². The molecule has 0 spiro atoms. The second-order valence-electron chi connectivity index (χ2n) is 4.58. The fraction of sp³-hybridized carbons (Fsp3) is 0.667. The molecule has 17 heavy (non-hydrogen) atoms. The smallest absolute Gasteiger partial charge is 0.225 e. The zero-order valence-electron chi connectivity index (χ0n) is 10.4. The van der Waals surface area contributed by atoms with Crippen molar-refractivity contribution in [3.8, 4) is 0 Å². The van der Waals surface area contributed by atoms with Crippen molar-refractivity contribution in [2.45, 2.75) is 26.3 Å². The van der Waals surface area contributed by atoms with Gasteiger partial charge < -0.3 is 10.2 Å². The van der Waals surface area contributed by atoms with E-state index in [9.17, 15) is 4.79 Å². The van der Waals surface area contributed by atoms with Gasteiger partial charge in [-0.15, -0.1) is 11.3 Å². The minimum Gasteiger partial charge on any atom is -0.340 e. The van der Waals surface area contributed by atoms with Crippen LogP contribution in [0.25, 0.3) is 0 Å². The first-order valence-electron chi connectivity index (χ1n) is 6.03. The molecule has 1 N–H and O–H groups in total. The van der Waals surface area contributed by atoms with Gasteiger partial charge in [0.15, 0.2) is 0 Å². The zero-order chi connectivity index (χ0) is 12.3. The van der Waals surface area contributed by atoms with Crippen molar-refractivity contribution in [1.29, 1.82) is 0 Å². The molecular formula is C12H19N3OS. The molecule has 2 heterocycles. The van der Waals surface area contributed by atoms with Gasteiger partial charge in [0.1, 0.15) is 0 Å². The van der Waals surface area contributed by atoms with Crippen LogP contribution in [-0.4, -0.2) is 35.9 Å². The van der Waals surface area contributed by atoms with Gasteiger partial charge in [-0.3, -0.25) is 4.79 Å². The second-order valence-corrected chi connectivity index (χ2v) is 5.52. The van der Waals surface area contributed by atoms with E-state index in [1.54, 1.807) is 11.3 Å². The molecule has 94 valence electrons. The molecule has 1 aromatic rings. The Bertz CT molecular complexity index is 385. The molecule has 1 amide bonds. The Morgan fingerprint density at radius 3 is 2.88 bits per heavy atom. The van der Waals surface area contributed by atoms with Crippen LogP contribution < -0.4 is 5.32 Å². The largest absolute Gasteiger partial charge is 0.340 e. The number of hydrogen-bond acceptors (Lipinski definition) is 4. The van der Waals surface area contributed by atoms with Crippen LogP contribution >= 0.6 is 11.3 Å². The Hall–Kier alpha value is -0.940. The molecule has 1 fully saturated rings. The number of rotatable bonds is 3. The summed E-state index contributed by atoms with van der Waals surface area (Å²) < 4.78 is 0. The summed E-state index contributed by atoms with van der Waals surface area (Å²) >= 11 is 1.62. The number of carbonyl (C=O) groups excluding carboxylic acids is 1. The van der Waals surface area contributed by atoms with Crippen molar-refractivity contribution in [1.82, 2.24) is 15.2 Å². The molecular weight excluding hydrogens is 234 g/mol. The van der Waals surface area contributed by atoms with Gasteiger partial charge in [0, 0.05) is 17.8 Å². The third-order valence-corrected chi connectivity index (χ3v) is 4.21. The van der Waals surface area contributed by atoms with Crippen LogP contribution in [0, 0.1) is 12.8 Å². The lowest BCUT2D eigenvalue weighted by Crippen LogP contribution is -2.38. The highest BCUT2D eigenvalue weighted by Gasteiger charge is 2.24. The molecule has 0 aromatic carbocycles. The lowest BCUT2D eigenvalue weighted by Gasteiger charge is -2.26. The monoisotopic (exact) mass is 253 g/mol. The molecule has 0 radical (unpaired) electrons. The lowest BCUT2D eigenvalue weighted by atomic mass is 9.97. The molecule has 4 nitrogen and oxygen atoms in total. The summed E-state index contributed by atoms with van der Waals surface area (Å²) in [6.45, 7) is 4.61. The second kappa shape index (κ2) is 5.60. The number of thiazole rings is 1. The van der Waals surface area contributed by atoms with Crippen LogP contribution in [-0.2, 0) is 11.3 Å². The molecule has 0 bridgehead atoms. The average molecular weight is 253 g/mol. The van der Waals surface area contributed by atoms with Gasteiger partial charge in [0.2, 0.25) is 5.91 Å². The molecule has 1 aromatic heterocycles. The maximum Gasteiger partial charge on any atom is 0.225 e. The van der Waals surface area contributed by atoms with Gasteiger partial charge in [-0.25, -0.2) is 4.98 Å². The van der Waals surface area contributed by atoms with E-state index in [1.165, 1.54) is 4.88 Å². The number of hydrogen-bond donors (Lipinski definition) is 1. The van der Waals surface area contributed by atoms with Crippen LogP contribution in [0.15, 0.2) is 5.51 Å². The molecule has 1 saturated heterocycles. The molecule has 0 unspecified atom stereocenters. The topological polar surface area (TPSA) is 45.2 Å². The first-order valence-corrected chi connectivity index (χ1v) is 6.91. The highest BCUT2D eigenvalue weighted by atomic mass is 32.1. The SMILES string of the molecule is Cc1ncsc1CN(C)C(=O)C1CCNCC1. The number of amides is 1. The van der Waals surface area contributed by atoms with Gasteiger partial charge in [0.05, 0.1) is 17.7 Å². The highest BCUT2D eigenvalue weighted by molar-refractivity contribution is 7.09. The van der Waals surface area contributed by atoms with Crippen LogP contribution in [0.2, 0.25) is 0 Å². The molecule has 1 aliphatic heterocycles. The minimum atomic E-state index is 0.203. The van der Waals surface area contributed by atoms with E-state index < -0.39 is 0 Å². The van der Waals surface area contributed by atoms with E-state index in [1.807, 2.05) is 24.4 Å². The van der Waals surface area contributed by atoms with Crippen molar-refractivity contribution in [2.24, 2.45) is 5.92 Å². The summed E-state index contributed by atoms with van der Waals surface area (Å²) in [6, 6.07) is 0. The van der Waals surface area contributed by atoms with Crippen molar-refractivity contribution in [3.05, 3.63) is 16.1 Å². The minimum absolute atomic E-state index is 0.203. The number of carbonyl (C=O) groups is 1. The molecule has 5 heteroatoms. The Morgan fingerprint density at radius 2 is 2.29 bits per heavy atom. The van der Waals surface area contributed by atoms with Crippen LogP contribution in [0.3, 0.4) is 0 Å². The Labute approximate surface area is 106 Å². The summed E-state index contributed by atoms with van der Waals surface area (Å²) in [5.41, 5.74) is 2.88. The van der Waals surface area contributed by atoms with E-state index >= 15 is 0 Å². The molecule has 1 aliphatic rings. The zero-order valence-corrected chi connectivity index (χ0v) is 11.2. The summed E-state index contributed by atoms with van der Waals surface area (Å²) in [7, 11) is 1.89. The lowest BCUT2D eigenvalue weighted by molar-refractivity contribution is -0.135. The van der Waals surface area contributed by atoms with E-state index in [0.717, 1.165) is 31.6 Å². The van der Waals surface area contributed by atoms with E-state index in [4.69, 9.17) is 0 Å². The standard InChI is InChI=1S/C12H19N3OS/c1-9-11(17-8-14-9)7-15(2)12(16)10-3-5-13-6-4-10/h8,10,13H,3-7H2,1-2H3. The predicted octanol–water partition coefficient (Wildman–Crippen LogP) is 1.41. The number of piperidine rings is 1. The normalized spacial score (nSPS) is 17.1. The van der Waals surface area contributed by atoms with Crippen molar-refractivity contribution >= 4 is 17.2 Å². The van der Waals surface area contributed by atoms with Gasteiger partial charge in [-0.05, 0) is 32.9 Å². The predicted molar refractivity (Wildman–Crippen MR) is 68.9 cm³/mol. The van der Waals surface area contributed by atoms with Crippen LogP contribution in [0.5, 0.6) is 0 Å². The quantitative estimate of drug-likeness (QED) is 0.886. The number of nitrogens with one attached hydrogen (secondary N) is 1. The fourth-order valence-electron chi connectivity index (χ4n) is 2.15. The molecule has 0 saturated carbocycles. The summed E-state index contributed by atoms with van der Waals surface area (Å²) in [5.74, 6) is 0.480. The van der Waals surface area contributed by atoms with Crippen molar-refractivity contribution < 1.29 is 4.79 Å². The van der Waals surface area contributed by atoms with Gasteiger partial charge in [-0.2, -0.15) is 0 Å². The number of aryl methyl sites for hydroxylation is 1. The first kappa shape index (κ1) is 12.5. The average Bonchev–Trinajstić information content (AvgIpc) is 2.75. The maximum atomic E-state index is 12.2. The Balaban J connectivity index is 1.93. The summed E-state index contributed by atoms with van der Waals surface area (Å²) in [5, 5.41) is 3.28. The van der Waals surface area contributed by atoms with Gasteiger partial charge >= 0.3 is 0 Å². The fourth-order valence-corrected chi connectivity index (χ4v) is 2.98. The summed E-state index contributed by atoms with van der Waals surface area (Å²) in [6.07, 6.45) is 1.93. The Morgan fingerprint density at radius 1 is 1.59 bits per heavy atom. The number of nitrogens with zero attached hydrogens (tertiary/aromatic N) is 2. The van der Waals surface area contributed by atoms with Crippen LogP contribution in [0.4, 0.5) is 0 Å². The highest BCUT2D eigenvalue weighted by Crippen LogP contribution is 2.18. The first-order chi connectivity index (χ1) is 8.18. The number of aromatic nitrogens is 1. The van der Waals surface area contributed by atoms with E-state index in [0.29, 0.717) is 6.54 Å². The van der Waals surface area contributed by atoms with Gasteiger partial charge in [-0.1, -0.05) is 0 Å². The van der Waals surface area contributed by atoms with E-state index in [-0.39, 0.29) is 11.8 Å². The van der Waals surface area contributed by atoms with Crippen LogP contribution in [0.1, 0.15) is 23.4 Å². The Kier molecular flexibility index (Phi) is 4.12. The molecule has 2 rings (SSSR count). The third-order valence-electron chi connectivity index (χ3n) is 3.29.